The van der Waals surface area contributed by atoms with Crippen molar-refractivity contribution in [2.24, 2.45) is 0 Å². The second-order valence-electron chi connectivity index (χ2n) is 5.33. The highest BCUT2D eigenvalue weighted by atomic mass is 35.5. The number of aryl methyl sites for hydroxylation is 1. The summed E-state index contributed by atoms with van der Waals surface area (Å²) in [6.45, 7) is 0. The van der Waals surface area contributed by atoms with Gasteiger partial charge in [-0.25, -0.2) is 0 Å². The number of alkyl halides is 1. The fourth-order valence-electron chi connectivity index (χ4n) is 2.27. The molecule has 1 aliphatic rings. The summed E-state index contributed by atoms with van der Waals surface area (Å²) in [7, 11) is 0. The van der Waals surface area contributed by atoms with Crippen LogP contribution in [-0.2, 0) is 16.0 Å². The molecule has 2 aromatic rings. The maximum Gasteiger partial charge on any atom is 0.227 e. The summed E-state index contributed by atoms with van der Waals surface area (Å²) in [5.41, 5.74) is 3.90. The molecule has 0 atom stereocenters. The van der Waals surface area contributed by atoms with E-state index in [2.05, 4.69) is 53.8 Å². The van der Waals surface area contributed by atoms with E-state index in [1.807, 2.05) is 6.07 Å². The summed E-state index contributed by atoms with van der Waals surface area (Å²) in [6, 6.07) is 19.2. The average molecular weight is 330 g/mol. The third kappa shape index (κ3) is 5.87. The number of carbonyl (C=O) groups is 2. The van der Waals surface area contributed by atoms with Gasteiger partial charge >= 0.3 is 0 Å². The first-order valence-corrected chi connectivity index (χ1v) is 8.25. The van der Waals surface area contributed by atoms with E-state index >= 15 is 0 Å². The Morgan fingerprint density at radius 1 is 0.826 bits per heavy atom. The van der Waals surface area contributed by atoms with Gasteiger partial charge in [0.2, 0.25) is 11.8 Å². The van der Waals surface area contributed by atoms with Crippen LogP contribution in [0.5, 0.6) is 0 Å². The van der Waals surface area contributed by atoms with Crippen LogP contribution in [0.25, 0.3) is 11.1 Å². The lowest BCUT2D eigenvalue weighted by Crippen LogP contribution is -2.18. The SMILES string of the molecule is ClCCCc1ccc(-c2ccccc2)cc1.O=C1CCC(=O)N1. The Balaban J connectivity index is 0.000000229. The molecule has 3 nitrogen and oxygen atoms in total. The number of imide groups is 1. The van der Waals surface area contributed by atoms with Crippen molar-refractivity contribution in [2.45, 2.75) is 25.7 Å². The Bertz CT molecular complexity index is 624. The summed E-state index contributed by atoms with van der Waals surface area (Å²) in [5.74, 6) is 0.440. The van der Waals surface area contributed by atoms with Gasteiger partial charge in [0.15, 0.2) is 0 Å². The van der Waals surface area contributed by atoms with Crippen LogP contribution < -0.4 is 5.32 Å². The zero-order chi connectivity index (χ0) is 16.5. The van der Waals surface area contributed by atoms with E-state index in [4.69, 9.17) is 11.6 Å². The van der Waals surface area contributed by atoms with Crippen molar-refractivity contribution >= 4 is 23.4 Å². The van der Waals surface area contributed by atoms with Crippen LogP contribution in [0.4, 0.5) is 0 Å². The molecule has 0 aliphatic carbocycles. The molecule has 4 heteroatoms. The summed E-state index contributed by atoms with van der Waals surface area (Å²) in [4.78, 5) is 20.2. The first-order valence-electron chi connectivity index (χ1n) is 7.72. The second kappa shape index (κ2) is 9.11. The highest BCUT2D eigenvalue weighted by Gasteiger charge is 2.15. The molecule has 3 rings (SSSR count). The van der Waals surface area contributed by atoms with E-state index in [-0.39, 0.29) is 11.8 Å². The molecule has 1 aliphatic heterocycles. The van der Waals surface area contributed by atoms with E-state index in [0.29, 0.717) is 12.8 Å². The molecule has 120 valence electrons. The second-order valence-corrected chi connectivity index (χ2v) is 5.70. The fraction of sp³-hybridized carbons (Fsp3) is 0.263. The van der Waals surface area contributed by atoms with Gasteiger partial charge in [0, 0.05) is 18.7 Å². The van der Waals surface area contributed by atoms with Crippen LogP contribution in [0.1, 0.15) is 24.8 Å². The molecule has 0 bridgehead atoms. The minimum Gasteiger partial charge on any atom is -0.296 e. The standard InChI is InChI=1S/C15H15Cl.C4H5NO2/c16-12-4-5-13-8-10-15(11-9-13)14-6-2-1-3-7-14;6-3-1-2-4(7)5-3/h1-3,6-11H,4-5,12H2;1-2H2,(H,5,6,7). The number of benzene rings is 2. The average Bonchev–Trinajstić information content (AvgIpc) is 2.98. The van der Waals surface area contributed by atoms with Crippen molar-refractivity contribution in [3.8, 4) is 11.1 Å². The van der Waals surface area contributed by atoms with Gasteiger partial charge in [-0.2, -0.15) is 0 Å². The van der Waals surface area contributed by atoms with Gasteiger partial charge in [0.05, 0.1) is 0 Å². The van der Waals surface area contributed by atoms with Gasteiger partial charge in [0.1, 0.15) is 0 Å². The Morgan fingerprint density at radius 2 is 1.39 bits per heavy atom. The van der Waals surface area contributed by atoms with E-state index < -0.39 is 0 Å². The number of amides is 2. The summed E-state index contributed by atoms with van der Waals surface area (Å²) < 4.78 is 0. The first kappa shape index (κ1) is 17.2. The lowest BCUT2D eigenvalue weighted by atomic mass is 10.0. The topological polar surface area (TPSA) is 46.2 Å². The van der Waals surface area contributed by atoms with Gasteiger partial charge in [-0.05, 0) is 29.5 Å². The van der Waals surface area contributed by atoms with E-state index in [0.717, 1.165) is 18.7 Å². The van der Waals surface area contributed by atoms with Gasteiger partial charge in [-0.1, -0.05) is 54.6 Å². The third-order valence-corrected chi connectivity index (χ3v) is 3.79. The zero-order valence-electron chi connectivity index (χ0n) is 12.9. The largest absolute Gasteiger partial charge is 0.296 e. The Morgan fingerprint density at radius 3 is 1.87 bits per heavy atom. The van der Waals surface area contributed by atoms with E-state index in [1.165, 1.54) is 16.7 Å². The molecular formula is C19H20ClNO2. The van der Waals surface area contributed by atoms with Gasteiger partial charge in [-0.15, -0.1) is 11.6 Å². The van der Waals surface area contributed by atoms with Crippen molar-refractivity contribution < 1.29 is 9.59 Å². The molecule has 23 heavy (non-hydrogen) atoms. The quantitative estimate of drug-likeness (QED) is 0.682. The number of hydrogen-bond donors (Lipinski definition) is 1. The molecule has 1 fully saturated rings. The third-order valence-electron chi connectivity index (χ3n) is 3.52. The van der Waals surface area contributed by atoms with Gasteiger partial charge < -0.3 is 0 Å². The maximum absolute atomic E-state index is 10.1. The van der Waals surface area contributed by atoms with Crippen LogP contribution in [-0.4, -0.2) is 17.7 Å². The minimum absolute atomic E-state index is 0.148. The van der Waals surface area contributed by atoms with Crippen molar-refractivity contribution in [2.75, 3.05) is 5.88 Å². The van der Waals surface area contributed by atoms with Crippen LogP contribution in [0.3, 0.4) is 0 Å². The molecule has 0 unspecified atom stereocenters. The number of hydrogen-bond acceptors (Lipinski definition) is 2. The molecule has 0 radical (unpaired) electrons. The molecule has 1 heterocycles. The first-order chi connectivity index (χ1) is 11.2. The van der Waals surface area contributed by atoms with Crippen molar-refractivity contribution in [3.05, 3.63) is 60.2 Å². The highest BCUT2D eigenvalue weighted by Crippen LogP contribution is 2.19. The Hall–Kier alpha value is -2.13. The van der Waals surface area contributed by atoms with Crippen molar-refractivity contribution in [3.63, 3.8) is 0 Å². The highest BCUT2D eigenvalue weighted by molar-refractivity contribution is 6.17. The van der Waals surface area contributed by atoms with Crippen molar-refractivity contribution in [1.82, 2.24) is 5.32 Å². The molecule has 2 amide bonds. The molecule has 0 aromatic heterocycles. The Labute approximate surface area is 141 Å². The summed E-state index contributed by atoms with van der Waals surface area (Å²) in [6.07, 6.45) is 2.86. The Kier molecular flexibility index (Phi) is 6.82. The van der Waals surface area contributed by atoms with E-state index in [9.17, 15) is 9.59 Å². The number of nitrogens with one attached hydrogen (secondary N) is 1. The molecular weight excluding hydrogens is 310 g/mol. The molecule has 1 N–H and O–H groups in total. The smallest absolute Gasteiger partial charge is 0.227 e. The monoisotopic (exact) mass is 329 g/mol. The number of rotatable bonds is 4. The van der Waals surface area contributed by atoms with Crippen molar-refractivity contribution in [1.29, 1.82) is 0 Å². The molecule has 0 spiro atoms. The van der Waals surface area contributed by atoms with Gasteiger partial charge in [0.25, 0.3) is 0 Å². The van der Waals surface area contributed by atoms with Crippen LogP contribution in [0.2, 0.25) is 0 Å². The van der Waals surface area contributed by atoms with E-state index in [1.54, 1.807) is 0 Å². The number of halogens is 1. The normalized spacial score (nSPS) is 13.3. The lowest BCUT2D eigenvalue weighted by Gasteiger charge is -2.03. The minimum atomic E-state index is -0.148. The van der Waals surface area contributed by atoms with Crippen LogP contribution in [0.15, 0.2) is 54.6 Å². The molecule has 1 saturated heterocycles. The summed E-state index contributed by atoms with van der Waals surface area (Å²) in [5, 5.41) is 2.14. The molecule has 0 saturated carbocycles. The summed E-state index contributed by atoms with van der Waals surface area (Å²) >= 11 is 5.68. The van der Waals surface area contributed by atoms with Crippen LogP contribution in [0, 0.1) is 0 Å². The number of carbonyl (C=O) groups excluding carboxylic acids is 2. The molecule has 2 aromatic carbocycles. The lowest BCUT2D eigenvalue weighted by molar-refractivity contribution is -0.124. The van der Waals surface area contributed by atoms with Crippen LogP contribution >= 0.6 is 11.6 Å². The predicted molar refractivity (Wildman–Crippen MR) is 93.3 cm³/mol. The fourth-order valence-corrected chi connectivity index (χ4v) is 2.41. The zero-order valence-corrected chi connectivity index (χ0v) is 13.7. The van der Waals surface area contributed by atoms with Gasteiger partial charge in [-0.3, -0.25) is 14.9 Å². The predicted octanol–water partition coefficient (Wildman–Crippen LogP) is 3.95. The maximum atomic E-state index is 10.1.